The number of rotatable bonds is 7. The predicted molar refractivity (Wildman–Crippen MR) is 69.7 cm³/mol. The molecule has 0 aliphatic rings. The summed E-state index contributed by atoms with van der Waals surface area (Å²) >= 11 is 0. The third-order valence-corrected chi connectivity index (χ3v) is 2.74. The number of hydrogen-bond donors (Lipinski definition) is 2. The lowest BCUT2D eigenvalue weighted by atomic mass is 10.1. The summed E-state index contributed by atoms with van der Waals surface area (Å²) in [5, 5.41) is 2.62. The highest BCUT2D eigenvalue weighted by Crippen LogP contribution is 2.25. The van der Waals surface area contributed by atoms with Gasteiger partial charge in [0.2, 0.25) is 5.91 Å². The van der Waals surface area contributed by atoms with Crippen molar-refractivity contribution in [2.24, 2.45) is 11.7 Å². The molecule has 0 bridgehead atoms. The predicted octanol–water partition coefficient (Wildman–Crippen LogP) is 1.51. The van der Waals surface area contributed by atoms with E-state index in [2.05, 4.69) is 10.1 Å². The van der Waals surface area contributed by atoms with E-state index in [-0.39, 0.29) is 30.7 Å². The van der Waals surface area contributed by atoms with Crippen molar-refractivity contribution in [3.63, 3.8) is 0 Å². The van der Waals surface area contributed by atoms with Crippen molar-refractivity contribution in [2.45, 2.75) is 20.1 Å². The molecule has 1 aromatic rings. The second-order valence-corrected chi connectivity index (χ2v) is 4.21. The minimum Gasteiger partial charge on any atom is -0.497 e. The zero-order valence-corrected chi connectivity index (χ0v) is 11.4. The van der Waals surface area contributed by atoms with Crippen molar-refractivity contribution in [3.8, 4) is 11.5 Å². The Balaban J connectivity index is 2.82. The number of benzene rings is 1. The highest BCUT2D eigenvalue weighted by molar-refractivity contribution is 5.78. The minimum absolute atomic E-state index is 0.00139. The molecular weight excluding hydrogens is 270 g/mol. The summed E-state index contributed by atoms with van der Waals surface area (Å²) in [6.45, 7) is -0.981. The average molecular weight is 288 g/mol. The minimum atomic E-state index is -2.93. The van der Waals surface area contributed by atoms with Crippen LogP contribution in [0.3, 0.4) is 0 Å². The second-order valence-electron chi connectivity index (χ2n) is 4.21. The third kappa shape index (κ3) is 4.65. The lowest BCUT2D eigenvalue weighted by Crippen LogP contribution is -2.32. The van der Waals surface area contributed by atoms with Gasteiger partial charge in [-0.25, -0.2) is 0 Å². The van der Waals surface area contributed by atoms with Gasteiger partial charge in [0.25, 0.3) is 0 Å². The van der Waals surface area contributed by atoms with Crippen molar-refractivity contribution >= 4 is 5.91 Å². The van der Waals surface area contributed by atoms with E-state index in [1.165, 1.54) is 25.3 Å². The van der Waals surface area contributed by atoms with Gasteiger partial charge in [-0.3, -0.25) is 4.79 Å². The van der Waals surface area contributed by atoms with Crippen LogP contribution in [0, 0.1) is 5.92 Å². The number of amides is 1. The van der Waals surface area contributed by atoms with Gasteiger partial charge in [-0.05, 0) is 18.2 Å². The Labute approximate surface area is 116 Å². The zero-order chi connectivity index (χ0) is 15.1. The van der Waals surface area contributed by atoms with E-state index in [1.807, 2.05) is 0 Å². The maximum Gasteiger partial charge on any atom is 0.387 e. The largest absolute Gasteiger partial charge is 0.497 e. The first-order valence-electron chi connectivity index (χ1n) is 6.07. The average Bonchev–Trinajstić information content (AvgIpc) is 2.44. The van der Waals surface area contributed by atoms with E-state index in [0.717, 1.165) is 0 Å². The molecule has 1 rings (SSSR count). The first kappa shape index (κ1) is 16.2. The number of carbonyl (C=O) groups excluding carboxylic acids is 1. The third-order valence-electron chi connectivity index (χ3n) is 2.74. The molecule has 0 heterocycles. The van der Waals surface area contributed by atoms with Crippen LogP contribution >= 0.6 is 0 Å². The molecule has 0 saturated heterocycles. The van der Waals surface area contributed by atoms with Crippen molar-refractivity contribution in [1.29, 1.82) is 0 Å². The number of ether oxygens (including phenoxy) is 2. The van der Waals surface area contributed by atoms with Gasteiger partial charge >= 0.3 is 6.61 Å². The summed E-state index contributed by atoms with van der Waals surface area (Å²) in [5.74, 6) is -0.109. The zero-order valence-electron chi connectivity index (χ0n) is 11.4. The monoisotopic (exact) mass is 288 g/mol. The summed E-state index contributed by atoms with van der Waals surface area (Å²) in [4.78, 5) is 11.6. The van der Waals surface area contributed by atoms with Crippen LogP contribution in [0.15, 0.2) is 18.2 Å². The van der Waals surface area contributed by atoms with Crippen molar-refractivity contribution in [1.82, 2.24) is 5.32 Å². The van der Waals surface area contributed by atoms with Gasteiger partial charge in [-0.15, -0.1) is 0 Å². The van der Waals surface area contributed by atoms with Gasteiger partial charge in [-0.2, -0.15) is 8.78 Å². The first-order valence-corrected chi connectivity index (χ1v) is 6.07. The van der Waals surface area contributed by atoms with Crippen molar-refractivity contribution in [2.75, 3.05) is 13.7 Å². The van der Waals surface area contributed by atoms with Crippen LogP contribution in [0.1, 0.15) is 12.5 Å². The molecule has 112 valence electrons. The van der Waals surface area contributed by atoms with E-state index in [1.54, 1.807) is 6.92 Å². The van der Waals surface area contributed by atoms with E-state index < -0.39 is 6.61 Å². The fraction of sp³-hybridized carbons (Fsp3) is 0.462. The molecule has 7 heteroatoms. The second kappa shape index (κ2) is 7.64. The Morgan fingerprint density at radius 1 is 1.45 bits per heavy atom. The summed E-state index contributed by atoms with van der Waals surface area (Å²) in [7, 11) is 1.46. The molecule has 0 fully saturated rings. The smallest absolute Gasteiger partial charge is 0.387 e. The molecule has 0 aliphatic carbocycles. The van der Waals surface area contributed by atoms with E-state index in [0.29, 0.717) is 11.3 Å². The SMILES string of the molecule is COc1ccc(OC(F)F)c(CNC(=O)C(C)CN)c1. The van der Waals surface area contributed by atoms with Crippen LogP contribution in [0.5, 0.6) is 11.5 Å². The lowest BCUT2D eigenvalue weighted by Gasteiger charge is -2.14. The van der Waals surface area contributed by atoms with Crippen molar-refractivity contribution in [3.05, 3.63) is 23.8 Å². The highest BCUT2D eigenvalue weighted by atomic mass is 19.3. The van der Waals surface area contributed by atoms with Gasteiger partial charge in [0.15, 0.2) is 0 Å². The number of nitrogens with one attached hydrogen (secondary N) is 1. The van der Waals surface area contributed by atoms with Gasteiger partial charge in [0.05, 0.1) is 7.11 Å². The van der Waals surface area contributed by atoms with E-state index in [4.69, 9.17) is 10.5 Å². The maximum atomic E-state index is 12.3. The normalized spacial score (nSPS) is 12.1. The summed E-state index contributed by atoms with van der Waals surface area (Å²) in [5.41, 5.74) is 5.78. The topological polar surface area (TPSA) is 73.6 Å². The quantitative estimate of drug-likeness (QED) is 0.797. The molecule has 1 atom stereocenters. The van der Waals surface area contributed by atoms with Gasteiger partial charge < -0.3 is 20.5 Å². The molecule has 3 N–H and O–H groups in total. The number of hydrogen-bond acceptors (Lipinski definition) is 4. The Bertz CT molecular complexity index is 455. The van der Waals surface area contributed by atoms with Crippen molar-refractivity contribution < 1.29 is 23.0 Å². The molecule has 20 heavy (non-hydrogen) atoms. The fourth-order valence-electron chi connectivity index (χ4n) is 1.50. The first-order chi connectivity index (χ1) is 9.47. The maximum absolute atomic E-state index is 12.3. The van der Waals surface area contributed by atoms with Gasteiger partial charge in [-0.1, -0.05) is 6.92 Å². The molecule has 1 unspecified atom stereocenters. The number of alkyl halides is 2. The van der Waals surface area contributed by atoms with Crippen LogP contribution in [0.4, 0.5) is 8.78 Å². The molecule has 1 amide bonds. The Morgan fingerprint density at radius 2 is 2.15 bits per heavy atom. The molecule has 0 aromatic heterocycles. The molecular formula is C13H18F2N2O3. The summed E-state index contributed by atoms with van der Waals surface area (Å²) in [6.07, 6.45) is 0. The number of carbonyl (C=O) groups is 1. The highest BCUT2D eigenvalue weighted by Gasteiger charge is 2.14. The Kier molecular flexibility index (Phi) is 6.17. The van der Waals surface area contributed by atoms with E-state index in [9.17, 15) is 13.6 Å². The molecule has 0 saturated carbocycles. The Morgan fingerprint density at radius 3 is 2.70 bits per heavy atom. The molecule has 0 spiro atoms. The number of halogens is 2. The molecule has 0 radical (unpaired) electrons. The number of methoxy groups -OCH3 is 1. The Hall–Kier alpha value is -1.89. The van der Waals surface area contributed by atoms with Crippen LogP contribution < -0.4 is 20.5 Å². The standard InChI is InChI=1S/C13H18F2N2O3/c1-8(6-16)12(18)17-7-9-5-10(19-2)3-4-11(9)20-13(14)15/h3-5,8,13H,6-7,16H2,1-2H3,(H,17,18). The van der Waals surface area contributed by atoms with Crippen LogP contribution in [0.2, 0.25) is 0 Å². The van der Waals surface area contributed by atoms with Crippen LogP contribution in [0.25, 0.3) is 0 Å². The van der Waals surface area contributed by atoms with E-state index >= 15 is 0 Å². The van der Waals surface area contributed by atoms with Gasteiger partial charge in [0, 0.05) is 24.6 Å². The molecule has 5 nitrogen and oxygen atoms in total. The summed E-state index contributed by atoms with van der Waals surface area (Å²) < 4.78 is 34.0. The lowest BCUT2D eigenvalue weighted by molar-refractivity contribution is -0.124. The van der Waals surface area contributed by atoms with Gasteiger partial charge in [0.1, 0.15) is 11.5 Å². The fourth-order valence-corrected chi connectivity index (χ4v) is 1.50. The molecule has 1 aromatic carbocycles. The van der Waals surface area contributed by atoms with Crippen LogP contribution in [-0.4, -0.2) is 26.2 Å². The summed E-state index contributed by atoms with van der Waals surface area (Å²) in [6, 6.07) is 4.41. The molecule has 0 aliphatic heterocycles. The number of nitrogens with two attached hydrogens (primary N) is 1. The van der Waals surface area contributed by atoms with Crippen LogP contribution in [-0.2, 0) is 11.3 Å².